The van der Waals surface area contributed by atoms with Gasteiger partial charge in [0, 0.05) is 17.5 Å². The minimum Gasteiger partial charge on any atom is -0.365 e. The number of fused-ring (bicyclic) bond motifs is 4. The topological polar surface area (TPSA) is 55.1 Å². The Kier molecular flexibility index (Phi) is 3.12. The molecular formula is C22H19N5. The average Bonchev–Trinajstić information content (AvgIpc) is 3.26. The highest BCUT2D eigenvalue weighted by atomic mass is 15.4. The maximum Gasteiger partial charge on any atom is 0.185 e. The van der Waals surface area contributed by atoms with Crippen molar-refractivity contribution in [1.29, 1.82) is 0 Å². The summed E-state index contributed by atoms with van der Waals surface area (Å²) in [5.41, 5.74) is 4.81. The molecule has 2 aromatic heterocycles. The van der Waals surface area contributed by atoms with Crippen molar-refractivity contribution in [3.8, 4) is 11.4 Å². The molecule has 0 saturated heterocycles. The molecule has 132 valence electrons. The van der Waals surface area contributed by atoms with Gasteiger partial charge in [-0.3, -0.25) is 0 Å². The van der Waals surface area contributed by atoms with Gasteiger partial charge in [0.25, 0.3) is 0 Å². The fourth-order valence-corrected chi connectivity index (χ4v) is 4.57. The van der Waals surface area contributed by atoms with Crippen LogP contribution in [0.2, 0.25) is 0 Å². The largest absolute Gasteiger partial charge is 0.365 e. The normalized spacial score (nSPS) is 22.9. The van der Waals surface area contributed by atoms with Gasteiger partial charge in [0.05, 0.1) is 0 Å². The number of nitrogens with one attached hydrogen (secondary N) is 1. The van der Waals surface area contributed by atoms with Crippen molar-refractivity contribution >= 4 is 11.5 Å². The molecule has 5 heteroatoms. The Morgan fingerprint density at radius 2 is 1.74 bits per heavy atom. The predicted molar refractivity (Wildman–Crippen MR) is 105 cm³/mol. The van der Waals surface area contributed by atoms with Crippen molar-refractivity contribution in [3.63, 3.8) is 0 Å². The molecule has 3 unspecified atom stereocenters. The molecular weight excluding hydrogens is 334 g/mol. The van der Waals surface area contributed by atoms with Crippen molar-refractivity contribution in [2.75, 3.05) is 5.32 Å². The molecule has 0 amide bonds. The molecule has 1 N–H and O–H groups in total. The molecule has 2 aromatic carbocycles. The number of benzene rings is 2. The summed E-state index contributed by atoms with van der Waals surface area (Å²) in [5.74, 6) is 2.98. The highest BCUT2D eigenvalue weighted by Crippen LogP contribution is 2.55. The third-order valence-corrected chi connectivity index (χ3v) is 5.94. The number of anilines is 1. The summed E-state index contributed by atoms with van der Waals surface area (Å²) >= 11 is 0. The molecule has 2 aliphatic rings. The fourth-order valence-electron chi connectivity index (χ4n) is 4.57. The summed E-state index contributed by atoms with van der Waals surface area (Å²) in [7, 11) is 0. The van der Waals surface area contributed by atoms with Gasteiger partial charge >= 0.3 is 0 Å². The van der Waals surface area contributed by atoms with Crippen molar-refractivity contribution in [3.05, 3.63) is 77.9 Å². The van der Waals surface area contributed by atoms with Gasteiger partial charge in [-0.1, -0.05) is 54.6 Å². The lowest BCUT2D eigenvalue weighted by molar-refractivity contribution is 0.661. The molecule has 2 aliphatic carbocycles. The number of hydrogen-bond donors (Lipinski definition) is 1. The molecule has 4 aromatic rings. The third-order valence-electron chi connectivity index (χ3n) is 5.94. The summed E-state index contributed by atoms with van der Waals surface area (Å²) in [6.07, 6.45) is 2.44. The lowest BCUT2D eigenvalue weighted by Gasteiger charge is -2.13. The maximum absolute atomic E-state index is 4.79. The van der Waals surface area contributed by atoms with Crippen LogP contribution in [0.1, 0.15) is 23.5 Å². The Balaban J connectivity index is 1.32. The molecule has 0 aliphatic heterocycles. The van der Waals surface area contributed by atoms with Crippen molar-refractivity contribution in [1.82, 2.24) is 19.8 Å². The molecule has 2 heterocycles. The minimum absolute atomic E-state index is 0.468. The van der Waals surface area contributed by atoms with E-state index in [1.165, 1.54) is 24.0 Å². The second-order valence-corrected chi connectivity index (χ2v) is 7.48. The van der Waals surface area contributed by atoms with Crippen LogP contribution in [0.25, 0.3) is 17.0 Å². The molecule has 27 heavy (non-hydrogen) atoms. The van der Waals surface area contributed by atoms with Crippen LogP contribution in [0, 0.1) is 5.92 Å². The van der Waals surface area contributed by atoms with Crippen LogP contribution in [0.3, 0.4) is 0 Å². The highest BCUT2D eigenvalue weighted by molar-refractivity contribution is 5.59. The Labute approximate surface area is 157 Å². The van der Waals surface area contributed by atoms with Crippen LogP contribution in [0.4, 0.5) is 5.82 Å². The van der Waals surface area contributed by atoms with E-state index in [1.54, 1.807) is 0 Å². The van der Waals surface area contributed by atoms with Gasteiger partial charge in [-0.05, 0) is 42.0 Å². The van der Waals surface area contributed by atoms with E-state index in [9.17, 15) is 0 Å². The van der Waals surface area contributed by atoms with Crippen molar-refractivity contribution in [2.24, 2.45) is 5.92 Å². The van der Waals surface area contributed by atoms with Crippen molar-refractivity contribution < 1.29 is 0 Å². The standard InChI is InChI=1S/C22H19N5/c1-2-7-15(8-3-1)22-25-24-19-13-12-18(26-27(19)22)23-21-17-11-10-14-6-4-5-9-16(14)20(17)21/h1-9,12-13,17,20-21H,10-11H2,(H,23,26). The number of aryl methyl sites for hydroxylation is 1. The third kappa shape index (κ3) is 2.35. The van der Waals surface area contributed by atoms with Crippen LogP contribution in [0.5, 0.6) is 0 Å². The Hall–Kier alpha value is -3.21. The Morgan fingerprint density at radius 1 is 0.889 bits per heavy atom. The average molecular weight is 353 g/mol. The molecule has 5 nitrogen and oxygen atoms in total. The van der Waals surface area contributed by atoms with E-state index in [-0.39, 0.29) is 0 Å². The quantitative estimate of drug-likeness (QED) is 0.606. The molecule has 0 bridgehead atoms. The van der Waals surface area contributed by atoms with E-state index in [0.29, 0.717) is 17.9 Å². The van der Waals surface area contributed by atoms with Crippen LogP contribution in [-0.2, 0) is 6.42 Å². The van der Waals surface area contributed by atoms with Gasteiger partial charge in [0.1, 0.15) is 5.82 Å². The van der Waals surface area contributed by atoms with E-state index >= 15 is 0 Å². The first-order valence-corrected chi connectivity index (χ1v) is 9.51. The van der Waals surface area contributed by atoms with Gasteiger partial charge in [0.15, 0.2) is 11.5 Å². The highest BCUT2D eigenvalue weighted by Gasteiger charge is 2.53. The number of hydrogen-bond acceptors (Lipinski definition) is 4. The minimum atomic E-state index is 0.468. The van der Waals surface area contributed by atoms with E-state index in [0.717, 1.165) is 22.9 Å². The lowest BCUT2D eigenvalue weighted by atomic mass is 9.92. The molecule has 3 atom stereocenters. The smallest absolute Gasteiger partial charge is 0.185 e. The van der Waals surface area contributed by atoms with Crippen LogP contribution >= 0.6 is 0 Å². The monoisotopic (exact) mass is 353 g/mol. The van der Waals surface area contributed by atoms with E-state index in [4.69, 9.17) is 5.10 Å². The molecule has 0 radical (unpaired) electrons. The summed E-state index contributed by atoms with van der Waals surface area (Å²) in [6, 6.07) is 23.4. The zero-order chi connectivity index (χ0) is 17.8. The summed E-state index contributed by atoms with van der Waals surface area (Å²) < 4.78 is 1.83. The Morgan fingerprint density at radius 3 is 2.67 bits per heavy atom. The van der Waals surface area contributed by atoms with Gasteiger partial charge in [-0.15, -0.1) is 15.3 Å². The molecule has 1 fully saturated rings. The summed E-state index contributed by atoms with van der Waals surface area (Å²) in [5, 5.41) is 17.0. The van der Waals surface area contributed by atoms with Crippen LogP contribution < -0.4 is 5.32 Å². The molecule has 1 saturated carbocycles. The zero-order valence-corrected chi connectivity index (χ0v) is 14.8. The van der Waals surface area contributed by atoms with Gasteiger partial charge in [0.2, 0.25) is 0 Å². The fraction of sp³-hybridized carbons (Fsp3) is 0.227. The maximum atomic E-state index is 4.79. The summed E-state index contributed by atoms with van der Waals surface area (Å²) in [4.78, 5) is 0. The second kappa shape index (κ2) is 5.64. The van der Waals surface area contributed by atoms with Crippen LogP contribution in [0.15, 0.2) is 66.7 Å². The van der Waals surface area contributed by atoms with Gasteiger partial charge in [-0.25, -0.2) is 0 Å². The number of nitrogens with zero attached hydrogens (tertiary/aromatic N) is 4. The first-order valence-electron chi connectivity index (χ1n) is 9.51. The first-order chi connectivity index (χ1) is 13.4. The van der Waals surface area contributed by atoms with Crippen LogP contribution in [-0.4, -0.2) is 25.9 Å². The van der Waals surface area contributed by atoms with Gasteiger partial charge < -0.3 is 5.32 Å². The van der Waals surface area contributed by atoms with E-state index in [2.05, 4.69) is 39.8 Å². The van der Waals surface area contributed by atoms with Gasteiger partial charge in [-0.2, -0.15) is 4.52 Å². The van der Waals surface area contributed by atoms with E-state index in [1.807, 2.05) is 47.0 Å². The van der Waals surface area contributed by atoms with Crippen molar-refractivity contribution in [2.45, 2.75) is 24.8 Å². The van der Waals surface area contributed by atoms with E-state index < -0.39 is 0 Å². The number of rotatable bonds is 3. The predicted octanol–water partition coefficient (Wildman–Crippen LogP) is 3.93. The molecule has 0 spiro atoms. The number of aromatic nitrogens is 4. The summed E-state index contributed by atoms with van der Waals surface area (Å²) in [6.45, 7) is 0. The Bertz CT molecular complexity index is 1130. The lowest BCUT2D eigenvalue weighted by Crippen LogP contribution is -2.09. The molecule has 6 rings (SSSR count). The second-order valence-electron chi connectivity index (χ2n) is 7.48. The zero-order valence-electron chi connectivity index (χ0n) is 14.8. The first kappa shape index (κ1) is 14.9. The SMILES string of the molecule is c1ccc(-c2nnc3ccc(NC4C5CCc6ccccc6C54)nn23)cc1.